The third-order valence-electron chi connectivity index (χ3n) is 4.31. The normalized spacial score (nSPS) is 11.0. The molecule has 0 spiro atoms. The molecule has 4 aromatic rings. The van der Waals surface area contributed by atoms with E-state index in [1.165, 1.54) is 33.3 Å². The van der Waals surface area contributed by atoms with Gasteiger partial charge in [-0.2, -0.15) is 0 Å². The van der Waals surface area contributed by atoms with Gasteiger partial charge >= 0.3 is 0 Å². The largest absolute Gasteiger partial charge is 0.336 e. The Morgan fingerprint density at radius 2 is 1.43 bits per heavy atom. The molecule has 0 saturated heterocycles. The summed E-state index contributed by atoms with van der Waals surface area (Å²) in [5.41, 5.74) is 6.45. The second-order valence-electron chi connectivity index (χ2n) is 6.03. The third kappa shape index (κ3) is 2.66. The first-order chi connectivity index (χ1) is 11.3. The van der Waals surface area contributed by atoms with E-state index in [9.17, 15) is 0 Å². The number of hydrogen-bond acceptors (Lipinski definition) is 0. The molecule has 0 N–H and O–H groups in total. The van der Waals surface area contributed by atoms with Gasteiger partial charge in [0, 0.05) is 23.1 Å². The van der Waals surface area contributed by atoms with Crippen LogP contribution in [0.4, 0.5) is 0 Å². The molecular formula is C22H19N. The monoisotopic (exact) mass is 297 g/mol. The van der Waals surface area contributed by atoms with Crippen LogP contribution in [0.1, 0.15) is 11.1 Å². The molecule has 23 heavy (non-hydrogen) atoms. The highest BCUT2D eigenvalue weighted by molar-refractivity contribution is 5.87. The van der Waals surface area contributed by atoms with Gasteiger partial charge in [0.15, 0.2) is 0 Å². The Morgan fingerprint density at radius 3 is 2.17 bits per heavy atom. The minimum absolute atomic E-state index is 0.887. The molecule has 1 heterocycles. The third-order valence-corrected chi connectivity index (χ3v) is 4.31. The highest BCUT2D eigenvalue weighted by Crippen LogP contribution is 2.29. The van der Waals surface area contributed by atoms with Crippen LogP contribution in [0, 0.1) is 6.92 Å². The smallest absolute Gasteiger partial charge is 0.0494 e. The van der Waals surface area contributed by atoms with Crippen molar-refractivity contribution < 1.29 is 0 Å². The molecule has 0 aliphatic carbocycles. The number of benzene rings is 3. The standard InChI is InChI=1S/C22H19N/c1-17-12-13-21-20(14-17)15-22(19-10-6-3-7-11-19)23(21)16-18-8-4-2-5-9-18/h2-15H,16H2,1H3. The van der Waals surface area contributed by atoms with Crippen LogP contribution in [0.2, 0.25) is 0 Å². The fourth-order valence-electron chi connectivity index (χ4n) is 3.17. The zero-order valence-electron chi connectivity index (χ0n) is 13.2. The van der Waals surface area contributed by atoms with E-state index in [4.69, 9.17) is 0 Å². The van der Waals surface area contributed by atoms with E-state index < -0.39 is 0 Å². The minimum Gasteiger partial charge on any atom is -0.336 e. The second-order valence-corrected chi connectivity index (χ2v) is 6.03. The molecule has 0 amide bonds. The Bertz CT molecular complexity index is 934. The molecule has 112 valence electrons. The number of fused-ring (bicyclic) bond motifs is 1. The molecule has 1 aromatic heterocycles. The molecular weight excluding hydrogens is 278 g/mol. The van der Waals surface area contributed by atoms with Crippen LogP contribution in [0.25, 0.3) is 22.2 Å². The van der Waals surface area contributed by atoms with Gasteiger partial charge in [-0.15, -0.1) is 0 Å². The van der Waals surface area contributed by atoms with Gasteiger partial charge in [0.2, 0.25) is 0 Å². The number of aromatic nitrogens is 1. The molecule has 3 aromatic carbocycles. The Balaban J connectivity index is 1.92. The van der Waals surface area contributed by atoms with E-state index in [1.807, 2.05) is 0 Å². The Labute approximate surface area is 136 Å². The molecule has 0 bridgehead atoms. The molecule has 0 radical (unpaired) electrons. The van der Waals surface area contributed by atoms with Crippen LogP contribution in [0.5, 0.6) is 0 Å². The second kappa shape index (κ2) is 5.77. The highest BCUT2D eigenvalue weighted by atomic mass is 15.0. The van der Waals surface area contributed by atoms with Crippen LogP contribution in [0.3, 0.4) is 0 Å². The highest BCUT2D eigenvalue weighted by Gasteiger charge is 2.11. The summed E-state index contributed by atoms with van der Waals surface area (Å²) in [6, 6.07) is 30.3. The maximum Gasteiger partial charge on any atom is 0.0494 e. The number of rotatable bonds is 3. The van der Waals surface area contributed by atoms with E-state index in [0.29, 0.717) is 0 Å². The van der Waals surface area contributed by atoms with Crippen LogP contribution in [-0.2, 0) is 6.54 Å². The lowest BCUT2D eigenvalue weighted by atomic mass is 10.1. The van der Waals surface area contributed by atoms with Gasteiger partial charge in [0.05, 0.1) is 0 Å². The predicted octanol–water partition coefficient (Wildman–Crippen LogP) is 5.67. The zero-order valence-corrected chi connectivity index (χ0v) is 13.2. The van der Waals surface area contributed by atoms with E-state index in [2.05, 4.69) is 96.4 Å². The molecule has 0 atom stereocenters. The van der Waals surface area contributed by atoms with Gasteiger partial charge < -0.3 is 4.57 Å². The topological polar surface area (TPSA) is 4.93 Å². The van der Waals surface area contributed by atoms with Gasteiger partial charge in [-0.05, 0) is 36.2 Å². The van der Waals surface area contributed by atoms with Crippen LogP contribution >= 0.6 is 0 Å². The van der Waals surface area contributed by atoms with Crippen molar-refractivity contribution in [3.63, 3.8) is 0 Å². The maximum atomic E-state index is 2.42. The van der Waals surface area contributed by atoms with E-state index in [1.54, 1.807) is 0 Å². The first-order valence-electron chi connectivity index (χ1n) is 8.00. The van der Waals surface area contributed by atoms with Gasteiger partial charge in [-0.25, -0.2) is 0 Å². The molecule has 0 aliphatic heterocycles. The van der Waals surface area contributed by atoms with Crippen molar-refractivity contribution in [3.05, 3.63) is 96.1 Å². The van der Waals surface area contributed by atoms with Crippen molar-refractivity contribution in [1.82, 2.24) is 4.57 Å². The molecule has 0 unspecified atom stereocenters. The van der Waals surface area contributed by atoms with Crippen molar-refractivity contribution in [2.75, 3.05) is 0 Å². The summed E-state index contributed by atoms with van der Waals surface area (Å²) < 4.78 is 2.42. The van der Waals surface area contributed by atoms with Crippen molar-refractivity contribution in [2.24, 2.45) is 0 Å². The summed E-state index contributed by atoms with van der Waals surface area (Å²) in [4.78, 5) is 0. The fraction of sp³-hybridized carbons (Fsp3) is 0.0909. The fourth-order valence-corrected chi connectivity index (χ4v) is 3.17. The van der Waals surface area contributed by atoms with E-state index >= 15 is 0 Å². The molecule has 1 nitrogen and oxygen atoms in total. The Hall–Kier alpha value is -2.80. The molecule has 0 saturated carbocycles. The summed E-state index contributed by atoms with van der Waals surface area (Å²) in [5.74, 6) is 0. The van der Waals surface area contributed by atoms with Gasteiger partial charge in [-0.1, -0.05) is 72.3 Å². The summed E-state index contributed by atoms with van der Waals surface area (Å²) >= 11 is 0. The van der Waals surface area contributed by atoms with Crippen molar-refractivity contribution >= 4 is 10.9 Å². The van der Waals surface area contributed by atoms with Crippen LogP contribution < -0.4 is 0 Å². The van der Waals surface area contributed by atoms with Crippen molar-refractivity contribution in [1.29, 1.82) is 0 Å². The quantitative estimate of drug-likeness (QED) is 0.459. The lowest BCUT2D eigenvalue weighted by Gasteiger charge is -2.11. The number of aryl methyl sites for hydroxylation is 1. The van der Waals surface area contributed by atoms with Crippen LogP contribution in [-0.4, -0.2) is 4.57 Å². The average molecular weight is 297 g/mol. The lowest BCUT2D eigenvalue weighted by Crippen LogP contribution is -2.01. The number of hydrogen-bond donors (Lipinski definition) is 0. The first kappa shape index (κ1) is 13.8. The predicted molar refractivity (Wildman–Crippen MR) is 97.7 cm³/mol. The molecule has 0 fully saturated rings. The number of nitrogens with zero attached hydrogens (tertiary/aromatic N) is 1. The summed E-state index contributed by atoms with van der Waals surface area (Å²) in [6.45, 7) is 3.04. The average Bonchev–Trinajstić information content (AvgIpc) is 2.94. The van der Waals surface area contributed by atoms with E-state index in [0.717, 1.165) is 6.54 Å². The SMILES string of the molecule is Cc1ccc2c(c1)cc(-c1ccccc1)n2Cc1ccccc1. The summed E-state index contributed by atoms with van der Waals surface area (Å²) in [6.07, 6.45) is 0. The van der Waals surface area contributed by atoms with Crippen LogP contribution in [0.15, 0.2) is 84.9 Å². The Kier molecular flexibility index (Phi) is 3.47. The molecule has 0 aliphatic rings. The summed E-state index contributed by atoms with van der Waals surface area (Å²) in [7, 11) is 0. The van der Waals surface area contributed by atoms with Crippen molar-refractivity contribution in [2.45, 2.75) is 13.5 Å². The van der Waals surface area contributed by atoms with E-state index in [-0.39, 0.29) is 0 Å². The minimum atomic E-state index is 0.887. The van der Waals surface area contributed by atoms with Crippen molar-refractivity contribution in [3.8, 4) is 11.3 Å². The first-order valence-corrected chi connectivity index (χ1v) is 8.00. The maximum absolute atomic E-state index is 2.42. The summed E-state index contributed by atoms with van der Waals surface area (Å²) in [5, 5.41) is 1.31. The van der Waals surface area contributed by atoms with Gasteiger partial charge in [-0.3, -0.25) is 0 Å². The Morgan fingerprint density at radius 1 is 0.739 bits per heavy atom. The van der Waals surface area contributed by atoms with Gasteiger partial charge in [0.1, 0.15) is 0 Å². The molecule has 4 rings (SSSR count). The lowest BCUT2D eigenvalue weighted by molar-refractivity contribution is 0.845. The van der Waals surface area contributed by atoms with Gasteiger partial charge in [0.25, 0.3) is 0 Å². The molecule has 1 heteroatoms. The zero-order chi connectivity index (χ0) is 15.6.